The lowest BCUT2D eigenvalue weighted by Gasteiger charge is -2.24. The molecule has 0 radical (unpaired) electrons. The molecule has 0 saturated carbocycles. The number of rotatable bonds is 7. The number of fused-ring (bicyclic) bond motifs is 1. The van der Waals surface area contributed by atoms with Gasteiger partial charge in [0.25, 0.3) is 0 Å². The highest BCUT2D eigenvalue weighted by Crippen LogP contribution is 2.40. The highest BCUT2D eigenvalue weighted by molar-refractivity contribution is 8.01. The maximum Gasteiger partial charge on any atom is 0.416 e. The molecule has 0 aliphatic carbocycles. The van der Waals surface area contributed by atoms with E-state index in [-0.39, 0.29) is 12.1 Å². The van der Waals surface area contributed by atoms with Crippen molar-refractivity contribution in [3.8, 4) is 0 Å². The molecule has 29 heavy (non-hydrogen) atoms. The Morgan fingerprint density at radius 3 is 2.79 bits per heavy atom. The van der Waals surface area contributed by atoms with E-state index in [0.717, 1.165) is 54.6 Å². The van der Waals surface area contributed by atoms with Crippen molar-refractivity contribution in [2.45, 2.75) is 55.3 Å². The molecular weight excluding hydrogens is 425 g/mol. The number of nitrogens with zero attached hydrogens (tertiary/aromatic N) is 2. The number of carbonyl (C=O) groups excluding carboxylic acids is 2. The standard InChI is InChI=1S/C18H19F3N4O2S2/c1-2-3-4-5-15-24-25-17(29-15)23-14(26)9-13-16(27)22-11-8-10(18(19,20)21)6-7-12(11)28-13/h6-8,13H,2-5,9H2,1H3,(H,22,27)(H,23,25,26). The lowest BCUT2D eigenvalue weighted by Crippen LogP contribution is -2.32. The summed E-state index contributed by atoms with van der Waals surface area (Å²) in [6.07, 6.45) is -0.599. The van der Waals surface area contributed by atoms with E-state index in [9.17, 15) is 22.8 Å². The number of hydrogen-bond acceptors (Lipinski definition) is 6. The number of benzene rings is 1. The molecule has 2 amide bonds. The van der Waals surface area contributed by atoms with Crippen LogP contribution in [0, 0.1) is 0 Å². The fraction of sp³-hybridized carbons (Fsp3) is 0.444. The van der Waals surface area contributed by atoms with Gasteiger partial charge in [-0.1, -0.05) is 31.1 Å². The van der Waals surface area contributed by atoms with Crippen LogP contribution >= 0.6 is 23.1 Å². The molecule has 1 aliphatic heterocycles. The third-order valence-corrected chi connectivity index (χ3v) is 6.38. The average molecular weight is 445 g/mol. The number of anilines is 2. The van der Waals surface area contributed by atoms with Crippen molar-refractivity contribution >= 4 is 45.7 Å². The van der Waals surface area contributed by atoms with Gasteiger partial charge in [-0.25, -0.2) is 0 Å². The number of thioether (sulfide) groups is 1. The summed E-state index contributed by atoms with van der Waals surface area (Å²) >= 11 is 2.37. The zero-order valence-corrected chi connectivity index (χ0v) is 17.1. The predicted molar refractivity (Wildman–Crippen MR) is 106 cm³/mol. The number of amides is 2. The van der Waals surface area contributed by atoms with Crippen molar-refractivity contribution in [1.82, 2.24) is 10.2 Å². The maximum atomic E-state index is 12.8. The Balaban J connectivity index is 1.58. The molecule has 1 aromatic carbocycles. The van der Waals surface area contributed by atoms with Gasteiger partial charge in [0, 0.05) is 17.7 Å². The maximum absolute atomic E-state index is 12.8. The Kier molecular flexibility index (Phi) is 6.78. The fourth-order valence-corrected chi connectivity index (χ4v) is 4.62. The second-order valence-corrected chi connectivity index (χ2v) is 8.82. The third kappa shape index (κ3) is 5.69. The summed E-state index contributed by atoms with van der Waals surface area (Å²) in [7, 11) is 0. The van der Waals surface area contributed by atoms with Crippen LogP contribution in [-0.4, -0.2) is 27.3 Å². The molecule has 2 heterocycles. The lowest BCUT2D eigenvalue weighted by atomic mass is 10.1. The van der Waals surface area contributed by atoms with Gasteiger partial charge in [0.2, 0.25) is 16.9 Å². The second-order valence-electron chi connectivity index (χ2n) is 6.51. The van der Waals surface area contributed by atoms with Crippen LogP contribution < -0.4 is 10.6 Å². The van der Waals surface area contributed by atoms with Crippen LogP contribution in [-0.2, 0) is 22.2 Å². The van der Waals surface area contributed by atoms with E-state index in [0.29, 0.717) is 10.0 Å². The SMILES string of the molecule is CCCCCc1nnc(NC(=O)CC2Sc3ccc(C(F)(F)F)cc3NC2=O)s1. The number of aryl methyl sites for hydroxylation is 1. The van der Waals surface area contributed by atoms with Gasteiger partial charge in [-0.2, -0.15) is 13.2 Å². The van der Waals surface area contributed by atoms with Gasteiger partial charge in [-0.15, -0.1) is 22.0 Å². The molecular formula is C18H19F3N4O2S2. The summed E-state index contributed by atoms with van der Waals surface area (Å²) in [5.41, 5.74) is -0.730. The summed E-state index contributed by atoms with van der Waals surface area (Å²) in [5, 5.41) is 13.5. The lowest BCUT2D eigenvalue weighted by molar-refractivity contribution is -0.137. The number of aromatic nitrogens is 2. The number of halogens is 3. The van der Waals surface area contributed by atoms with Crippen molar-refractivity contribution in [3.05, 3.63) is 28.8 Å². The number of carbonyl (C=O) groups is 2. The third-order valence-electron chi connectivity index (χ3n) is 4.20. The van der Waals surface area contributed by atoms with Crippen molar-refractivity contribution < 1.29 is 22.8 Å². The Bertz CT molecular complexity index is 901. The quantitative estimate of drug-likeness (QED) is 0.603. The topological polar surface area (TPSA) is 84.0 Å². The molecule has 2 N–H and O–H groups in total. The van der Waals surface area contributed by atoms with Gasteiger partial charge in [-0.3, -0.25) is 9.59 Å². The Morgan fingerprint density at radius 1 is 1.28 bits per heavy atom. The van der Waals surface area contributed by atoms with Gasteiger partial charge >= 0.3 is 6.18 Å². The molecule has 11 heteroatoms. The fourth-order valence-electron chi connectivity index (χ4n) is 2.73. The van der Waals surface area contributed by atoms with Gasteiger partial charge in [0.1, 0.15) is 5.01 Å². The van der Waals surface area contributed by atoms with Gasteiger partial charge in [0.05, 0.1) is 16.5 Å². The van der Waals surface area contributed by atoms with Crippen LogP contribution in [0.4, 0.5) is 24.0 Å². The second kappa shape index (κ2) is 9.12. The molecule has 1 unspecified atom stereocenters. The summed E-state index contributed by atoms with van der Waals surface area (Å²) in [4.78, 5) is 25.0. The number of nitrogens with one attached hydrogen (secondary N) is 2. The highest BCUT2D eigenvalue weighted by Gasteiger charge is 2.34. The van der Waals surface area contributed by atoms with E-state index in [1.807, 2.05) is 0 Å². The average Bonchev–Trinajstić information content (AvgIpc) is 3.08. The van der Waals surface area contributed by atoms with Crippen LogP contribution in [0.15, 0.2) is 23.1 Å². The first-order valence-electron chi connectivity index (χ1n) is 9.07. The Hall–Kier alpha value is -2.14. The van der Waals surface area contributed by atoms with E-state index in [1.54, 1.807) is 0 Å². The van der Waals surface area contributed by atoms with Crippen molar-refractivity contribution in [1.29, 1.82) is 0 Å². The first-order chi connectivity index (χ1) is 13.8. The molecule has 156 valence electrons. The molecule has 6 nitrogen and oxygen atoms in total. The molecule has 0 saturated heterocycles. The minimum atomic E-state index is -4.49. The van der Waals surface area contributed by atoms with Crippen LogP contribution in [0.25, 0.3) is 0 Å². The van der Waals surface area contributed by atoms with Gasteiger partial charge < -0.3 is 10.6 Å². The van der Waals surface area contributed by atoms with Gasteiger partial charge in [0.15, 0.2) is 0 Å². The summed E-state index contributed by atoms with van der Waals surface area (Å²) < 4.78 is 38.5. The number of unbranched alkanes of at least 4 members (excludes halogenated alkanes) is 2. The van der Waals surface area contributed by atoms with Crippen LogP contribution in [0.2, 0.25) is 0 Å². The monoisotopic (exact) mass is 444 g/mol. The molecule has 1 aliphatic rings. The van der Waals surface area contributed by atoms with E-state index in [4.69, 9.17) is 0 Å². The zero-order valence-electron chi connectivity index (χ0n) is 15.5. The number of alkyl halides is 3. The first kappa shape index (κ1) is 21.6. The largest absolute Gasteiger partial charge is 0.416 e. The summed E-state index contributed by atoms with van der Waals surface area (Å²) in [5.74, 6) is -0.904. The molecule has 3 rings (SSSR count). The van der Waals surface area contributed by atoms with E-state index >= 15 is 0 Å². The van der Waals surface area contributed by atoms with Crippen LogP contribution in [0.3, 0.4) is 0 Å². The number of hydrogen-bond donors (Lipinski definition) is 2. The Morgan fingerprint density at radius 2 is 2.07 bits per heavy atom. The molecule has 0 bridgehead atoms. The predicted octanol–water partition coefficient (Wildman–Crippen LogP) is 4.73. The smallest absolute Gasteiger partial charge is 0.324 e. The zero-order chi connectivity index (χ0) is 21.0. The molecule has 2 aromatic rings. The van der Waals surface area contributed by atoms with E-state index in [2.05, 4.69) is 27.8 Å². The van der Waals surface area contributed by atoms with E-state index in [1.165, 1.54) is 17.4 Å². The van der Waals surface area contributed by atoms with Crippen LogP contribution in [0.1, 0.15) is 43.2 Å². The van der Waals surface area contributed by atoms with Crippen molar-refractivity contribution in [2.24, 2.45) is 0 Å². The normalized spacial score (nSPS) is 16.3. The molecule has 0 fully saturated rings. The van der Waals surface area contributed by atoms with E-state index < -0.39 is 28.8 Å². The summed E-state index contributed by atoms with van der Waals surface area (Å²) in [6.45, 7) is 2.11. The van der Waals surface area contributed by atoms with Crippen molar-refractivity contribution in [3.63, 3.8) is 0 Å². The highest BCUT2D eigenvalue weighted by atomic mass is 32.2. The minimum absolute atomic E-state index is 0.104. The van der Waals surface area contributed by atoms with Gasteiger partial charge in [-0.05, 0) is 24.6 Å². The van der Waals surface area contributed by atoms with Crippen LogP contribution in [0.5, 0.6) is 0 Å². The minimum Gasteiger partial charge on any atom is -0.324 e. The summed E-state index contributed by atoms with van der Waals surface area (Å²) in [6, 6.07) is 3.17. The first-order valence-corrected chi connectivity index (χ1v) is 10.8. The molecule has 1 atom stereocenters. The molecule has 0 spiro atoms. The van der Waals surface area contributed by atoms with Crippen molar-refractivity contribution in [2.75, 3.05) is 10.6 Å². The Labute approximate surface area is 173 Å². The molecule has 1 aromatic heterocycles.